The van der Waals surface area contributed by atoms with E-state index in [-0.39, 0.29) is 35.4 Å². The van der Waals surface area contributed by atoms with Crippen LogP contribution in [0.2, 0.25) is 0 Å². The number of phenols is 1. The Morgan fingerprint density at radius 2 is 1.53 bits per heavy atom. The normalized spacial score (nSPS) is 23.0. The van der Waals surface area contributed by atoms with E-state index in [2.05, 4.69) is 15.4 Å². The first kappa shape index (κ1) is 35.0. The van der Waals surface area contributed by atoms with Gasteiger partial charge in [0.15, 0.2) is 11.4 Å². The van der Waals surface area contributed by atoms with E-state index >= 15 is 0 Å². The van der Waals surface area contributed by atoms with Gasteiger partial charge in [0, 0.05) is 22.9 Å². The number of aliphatic hydroxyl groups is 3. The molecule has 16 heteroatoms. The largest absolute Gasteiger partial charge is 0.573 e. The molecule has 0 saturated heterocycles. The second kappa shape index (κ2) is 12.5. The summed E-state index contributed by atoms with van der Waals surface area (Å²) in [5, 5.41) is 50.3. The fourth-order valence-electron chi connectivity index (χ4n) is 7.28. The summed E-state index contributed by atoms with van der Waals surface area (Å²) in [7, 11) is 3.03. The van der Waals surface area contributed by atoms with E-state index in [1.54, 1.807) is 30.3 Å². The van der Waals surface area contributed by atoms with Gasteiger partial charge in [-0.1, -0.05) is 18.2 Å². The zero-order valence-corrected chi connectivity index (χ0v) is 26.9. The second-order valence-electron chi connectivity index (χ2n) is 12.7. The number of rotatable bonds is 6. The van der Waals surface area contributed by atoms with Crippen LogP contribution in [0.5, 0.6) is 11.5 Å². The Balaban J connectivity index is 1.29. The standard InChI is InChI=1S/C35H31F3N4O9/c1-42(2)27-22-14-16-13-21-20(15-3-5-17(6-4-15)40-33(49)41-18-7-9-19(10-8-18)51-35(36,37)38)11-12-23(43)25(21)28(44)24(16)30(46)34(22,50)31(47)26(29(27)45)32(39)48/h3-12,16,22,27,43-44,47,50H,13-14H2,1-2H3,(H2,39,48)(H2,40,41,49)/t16-,22+,27?,34+/m1/s1. The first-order chi connectivity index (χ1) is 23.9. The molecule has 0 heterocycles. The number of anilines is 2. The predicted molar refractivity (Wildman–Crippen MR) is 175 cm³/mol. The number of nitrogens with two attached hydrogens (primary N) is 1. The highest BCUT2D eigenvalue weighted by atomic mass is 19.4. The highest BCUT2D eigenvalue weighted by molar-refractivity contribution is 6.24. The Morgan fingerprint density at radius 1 is 0.941 bits per heavy atom. The molecule has 3 aliphatic carbocycles. The number of ether oxygens (including phenoxy) is 1. The molecule has 3 amide bonds. The van der Waals surface area contributed by atoms with E-state index < -0.39 is 76.2 Å². The molecule has 3 aromatic carbocycles. The minimum Gasteiger partial charge on any atom is -0.508 e. The SMILES string of the molecule is CN(C)C1C(=O)C(C(N)=O)=C(O)[C@@]2(O)C(=O)C3=C(O)c4c(O)ccc(-c5ccc(NC(=O)Nc6ccc(OC(F)(F)F)cc6)cc5)c4C[C@@H]3C[C@@H]12. The van der Waals surface area contributed by atoms with Gasteiger partial charge in [0.25, 0.3) is 5.91 Å². The highest BCUT2D eigenvalue weighted by Gasteiger charge is 2.64. The number of carbonyl (C=O) groups excluding carboxylic acids is 4. The number of urea groups is 1. The Morgan fingerprint density at radius 3 is 2.08 bits per heavy atom. The molecule has 0 aliphatic heterocycles. The van der Waals surface area contributed by atoms with Crippen LogP contribution in [-0.2, 0) is 20.8 Å². The van der Waals surface area contributed by atoms with E-state index in [0.717, 1.165) is 12.1 Å². The number of nitrogens with zero attached hydrogens (tertiary/aromatic N) is 1. The summed E-state index contributed by atoms with van der Waals surface area (Å²) >= 11 is 0. The van der Waals surface area contributed by atoms with Crippen molar-refractivity contribution < 1.29 is 57.5 Å². The van der Waals surface area contributed by atoms with Crippen molar-refractivity contribution >= 4 is 40.6 Å². The third-order valence-electron chi connectivity index (χ3n) is 9.40. The monoisotopic (exact) mass is 708 g/mol. The molecule has 0 radical (unpaired) electrons. The molecule has 0 spiro atoms. The number of nitrogens with one attached hydrogen (secondary N) is 2. The summed E-state index contributed by atoms with van der Waals surface area (Å²) in [5.41, 5.74) is 3.53. The summed E-state index contributed by atoms with van der Waals surface area (Å²) in [6.45, 7) is 0. The van der Waals surface area contributed by atoms with Gasteiger partial charge < -0.3 is 41.5 Å². The predicted octanol–water partition coefficient (Wildman–Crippen LogP) is 4.17. The molecule has 13 nitrogen and oxygen atoms in total. The summed E-state index contributed by atoms with van der Waals surface area (Å²) < 4.78 is 41.0. The molecule has 3 aliphatic rings. The number of amides is 3. The van der Waals surface area contributed by atoms with E-state index in [1.165, 1.54) is 37.2 Å². The number of Topliss-reactive ketones (excluding diaryl/α,β-unsaturated/α-hetero) is 2. The van der Waals surface area contributed by atoms with Crippen molar-refractivity contribution in [2.24, 2.45) is 17.6 Å². The number of aliphatic hydroxyl groups excluding tert-OH is 2. The topological polar surface area (TPSA) is 212 Å². The lowest BCUT2D eigenvalue weighted by atomic mass is 9.57. The van der Waals surface area contributed by atoms with Gasteiger partial charge in [-0.15, -0.1) is 13.2 Å². The number of hydrogen-bond donors (Lipinski definition) is 7. The number of phenolic OH excluding ortho intramolecular Hbond substituents is 1. The van der Waals surface area contributed by atoms with Gasteiger partial charge in [-0.25, -0.2) is 4.79 Å². The Labute approximate surface area is 287 Å². The zero-order chi connectivity index (χ0) is 37.2. The van der Waals surface area contributed by atoms with Crippen LogP contribution in [0.25, 0.3) is 16.9 Å². The van der Waals surface area contributed by atoms with Crippen LogP contribution in [0, 0.1) is 11.8 Å². The van der Waals surface area contributed by atoms with Gasteiger partial charge in [-0.05, 0) is 92.0 Å². The van der Waals surface area contributed by atoms with Gasteiger partial charge in [-0.2, -0.15) is 0 Å². The highest BCUT2D eigenvalue weighted by Crippen LogP contribution is 2.53. The summed E-state index contributed by atoms with van der Waals surface area (Å²) in [6.07, 6.45) is -4.85. The molecule has 51 heavy (non-hydrogen) atoms. The molecule has 266 valence electrons. The van der Waals surface area contributed by atoms with Crippen LogP contribution in [-0.4, -0.2) is 80.9 Å². The Hall–Kier alpha value is -5.87. The molecule has 6 rings (SSSR count). The van der Waals surface area contributed by atoms with Crippen LogP contribution in [0.4, 0.5) is 29.3 Å². The number of ketones is 2. The first-order valence-corrected chi connectivity index (χ1v) is 15.5. The van der Waals surface area contributed by atoms with E-state index in [0.29, 0.717) is 22.4 Å². The molecule has 1 unspecified atom stereocenters. The smallest absolute Gasteiger partial charge is 0.508 e. The van der Waals surface area contributed by atoms with Crippen LogP contribution in [0.1, 0.15) is 17.5 Å². The summed E-state index contributed by atoms with van der Waals surface area (Å²) in [4.78, 5) is 53.5. The molecule has 4 atom stereocenters. The first-order valence-electron chi connectivity index (χ1n) is 15.5. The minimum absolute atomic E-state index is 0.0722. The van der Waals surface area contributed by atoms with Gasteiger partial charge in [-0.3, -0.25) is 19.3 Å². The lowest BCUT2D eigenvalue weighted by Gasteiger charge is -2.50. The lowest BCUT2D eigenvalue weighted by Crippen LogP contribution is -2.65. The van der Waals surface area contributed by atoms with Crippen LogP contribution >= 0.6 is 0 Å². The number of fused-ring (bicyclic) bond motifs is 3. The van der Waals surface area contributed by atoms with Gasteiger partial charge in [0.05, 0.1) is 11.6 Å². The lowest BCUT2D eigenvalue weighted by molar-refractivity contribution is -0.274. The van der Waals surface area contributed by atoms with Gasteiger partial charge in [0.2, 0.25) is 5.78 Å². The number of carbonyl (C=O) groups is 4. The van der Waals surface area contributed by atoms with Crippen molar-refractivity contribution in [3.05, 3.63) is 88.7 Å². The van der Waals surface area contributed by atoms with Crippen molar-refractivity contribution in [2.45, 2.75) is 30.8 Å². The molecule has 1 saturated carbocycles. The number of benzene rings is 3. The van der Waals surface area contributed by atoms with Crippen molar-refractivity contribution in [3.63, 3.8) is 0 Å². The minimum atomic E-state index is -4.85. The van der Waals surface area contributed by atoms with Crippen molar-refractivity contribution in [3.8, 4) is 22.6 Å². The van der Waals surface area contributed by atoms with Gasteiger partial charge in [0.1, 0.15) is 28.6 Å². The number of likely N-dealkylation sites (N-methyl/N-ethyl adjacent to an activating group) is 1. The number of alkyl halides is 3. The summed E-state index contributed by atoms with van der Waals surface area (Å²) in [6, 6.07) is 12.0. The fourth-order valence-corrected chi connectivity index (χ4v) is 7.28. The van der Waals surface area contributed by atoms with Crippen LogP contribution in [0.15, 0.2) is 77.6 Å². The number of hydrogen-bond acceptors (Lipinski definition) is 10. The third-order valence-corrected chi connectivity index (χ3v) is 9.40. The Kier molecular flexibility index (Phi) is 8.55. The second-order valence-corrected chi connectivity index (χ2v) is 12.7. The van der Waals surface area contributed by atoms with E-state index in [1.807, 2.05) is 0 Å². The number of aromatic hydroxyl groups is 1. The fraction of sp³-hybridized carbons (Fsp3) is 0.257. The van der Waals surface area contributed by atoms with E-state index in [4.69, 9.17) is 5.73 Å². The average Bonchev–Trinajstić information content (AvgIpc) is 3.03. The van der Waals surface area contributed by atoms with Gasteiger partial charge >= 0.3 is 12.4 Å². The maximum atomic E-state index is 14.0. The van der Waals surface area contributed by atoms with Crippen LogP contribution < -0.4 is 21.1 Å². The molecule has 8 N–H and O–H groups in total. The Bertz CT molecular complexity index is 2040. The molecule has 0 aromatic heterocycles. The molecule has 0 bridgehead atoms. The average molecular weight is 709 g/mol. The maximum Gasteiger partial charge on any atom is 0.573 e. The van der Waals surface area contributed by atoms with E-state index in [9.17, 15) is 52.8 Å². The van der Waals surface area contributed by atoms with Crippen molar-refractivity contribution in [1.82, 2.24) is 4.90 Å². The van der Waals surface area contributed by atoms with Crippen LogP contribution in [0.3, 0.4) is 0 Å². The van der Waals surface area contributed by atoms with Crippen molar-refractivity contribution in [1.29, 1.82) is 0 Å². The van der Waals surface area contributed by atoms with Crippen molar-refractivity contribution in [2.75, 3.05) is 24.7 Å². The zero-order valence-electron chi connectivity index (χ0n) is 26.9. The molecule has 3 aromatic rings. The third kappa shape index (κ3) is 6.01. The summed E-state index contributed by atoms with van der Waals surface area (Å²) in [5.74, 6) is -7.90. The number of primary amides is 1. The quantitative estimate of drug-likeness (QED) is 0.182. The molecule has 1 fully saturated rings. The molecular formula is C35H31F3N4O9. The number of halogens is 3. The maximum absolute atomic E-state index is 14.0. The molecular weight excluding hydrogens is 677 g/mol.